The average Bonchev–Trinajstić information content (AvgIpc) is 2.98. The molecular weight excluding hydrogens is 409 g/mol. The van der Waals surface area contributed by atoms with Crippen LogP contribution in [0.4, 0.5) is 4.39 Å². The Bertz CT molecular complexity index is 802. The van der Waals surface area contributed by atoms with Crippen LogP contribution in [-0.2, 0) is 11.3 Å². The van der Waals surface area contributed by atoms with E-state index in [4.69, 9.17) is 9.47 Å². The van der Waals surface area contributed by atoms with E-state index in [1.807, 2.05) is 18.2 Å². The van der Waals surface area contributed by atoms with E-state index in [2.05, 4.69) is 15.9 Å². The number of rotatable bonds is 5. The maximum absolute atomic E-state index is 13.5. The summed E-state index contributed by atoms with van der Waals surface area (Å²) >= 11 is 4.74. The molecule has 1 aliphatic rings. The van der Waals surface area contributed by atoms with Crippen LogP contribution in [0, 0.1) is 5.82 Å². The highest BCUT2D eigenvalue weighted by Crippen LogP contribution is 2.41. The molecule has 0 aliphatic carbocycles. The smallest absolute Gasteiger partial charge is 0.234 e. The number of thioether (sulfide) groups is 1. The number of ether oxygens (including phenoxy) is 2. The van der Waals surface area contributed by atoms with Gasteiger partial charge in [0, 0.05) is 5.56 Å². The zero-order valence-corrected chi connectivity index (χ0v) is 16.2. The summed E-state index contributed by atoms with van der Waals surface area (Å²) in [6.07, 6.45) is 0. The van der Waals surface area contributed by atoms with Gasteiger partial charge in [0.1, 0.15) is 22.7 Å². The summed E-state index contributed by atoms with van der Waals surface area (Å²) < 4.78 is 24.6. The standard InChI is InChI=1S/C18H17BrFNO3S/c1-23-13-4-6-16(24-2)12(7-13)9-21-17(22)10-25-18(21)11-3-5-15(20)14(19)8-11/h3-8,18H,9-10H2,1-2H3/t18-/m1/s1. The minimum atomic E-state index is -0.320. The molecule has 7 heteroatoms. The first-order valence-electron chi connectivity index (χ1n) is 7.60. The summed E-state index contributed by atoms with van der Waals surface area (Å²) in [5, 5.41) is -0.166. The first-order valence-corrected chi connectivity index (χ1v) is 9.44. The molecule has 3 rings (SSSR count). The fraction of sp³-hybridized carbons (Fsp3) is 0.278. The van der Waals surface area contributed by atoms with Gasteiger partial charge in [-0.1, -0.05) is 6.07 Å². The molecule has 4 nitrogen and oxygen atoms in total. The van der Waals surface area contributed by atoms with Crippen LogP contribution in [0.2, 0.25) is 0 Å². The van der Waals surface area contributed by atoms with E-state index < -0.39 is 0 Å². The number of carbonyl (C=O) groups excluding carboxylic acids is 1. The lowest BCUT2D eigenvalue weighted by Crippen LogP contribution is -2.28. The van der Waals surface area contributed by atoms with Crippen molar-refractivity contribution in [3.63, 3.8) is 0 Å². The minimum Gasteiger partial charge on any atom is -0.497 e. The highest BCUT2D eigenvalue weighted by atomic mass is 79.9. The van der Waals surface area contributed by atoms with E-state index in [0.717, 1.165) is 11.1 Å². The lowest BCUT2D eigenvalue weighted by atomic mass is 10.1. The topological polar surface area (TPSA) is 38.8 Å². The molecule has 1 fully saturated rings. The van der Waals surface area contributed by atoms with E-state index >= 15 is 0 Å². The minimum absolute atomic E-state index is 0.0420. The summed E-state index contributed by atoms with van der Waals surface area (Å²) in [5.74, 6) is 1.52. The molecule has 132 valence electrons. The number of benzene rings is 2. The zero-order valence-electron chi connectivity index (χ0n) is 13.8. The lowest BCUT2D eigenvalue weighted by Gasteiger charge is -2.25. The Kier molecular flexibility index (Phi) is 5.54. The molecule has 1 heterocycles. The Hall–Kier alpha value is -1.73. The summed E-state index contributed by atoms with van der Waals surface area (Å²) in [5.41, 5.74) is 1.75. The highest BCUT2D eigenvalue weighted by molar-refractivity contribution is 9.10. The molecule has 25 heavy (non-hydrogen) atoms. The Morgan fingerprint density at radius 3 is 2.72 bits per heavy atom. The van der Waals surface area contributed by atoms with Crippen molar-refractivity contribution in [2.24, 2.45) is 0 Å². The number of amides is 1. The molecule has 2 aromatic carbocycles. The van der Waals surface area contributed by atoms with Gasteiger partial charge >= 0.3 is 0 Å². The van der Waals surface area contributed by atoms with Crippen LogP contribution < -0.4 is 9.47 Å². The predicted octanol–water partition coefficient (Wildman–Crippen LogP) is 4.38. The summed E-state index contributed by atoms with van der Waals surface area (Å²) in [6.45, 7) is 0.395. The average molecular weight is 426 g/mol. The van der Waals surface area contributed by atoms with Crippen LogP contribution in [0.5, 0.6) is 11.5 Å². The number of carbonyl (C=O) groups is 1. The SMILES string of the molecule is COc1ccc(OC)c(CN2C(=O)CS[C@@H]2c2ccc(F)c(Br)c2)c1. The van der Waals surface area contributed by atoms with E-state index in [0.29, 0.717) is 28.3 Å². The third-order valence-corrected chi connectivity index (χ3v) is 5.89. The highest BCUT2D eigenvalue weighted by Gasteiger charge is 2.33. The molecule has 0 spiro atoms. The normalized spacial score (nSPS) is 17.0. The van der Waals surface area contributed by atoms with E-state index in [-0.39, 0.29) is 17.1 Å². The van der Waals surface area contributed by atoms with Crippen LogP contribution >= 0.6 is 27.7 Å². The predicted molar refractivity (Wildman–Crippen MR) is 99.4 cm³/mol. The van der Waals surface area contributed by atoms with Gasteiger partial charge in [-0.25, -0.2) is 4.39 Å². The van der Waals surface area contributed by atoms with Crippen molar-refractivity contribution in [2.75, 3.05) is 20.0 Å². The van der Waals surface area contributed by atoms with Crippen LogP contribution in [-0.4, -0.2) is 30.8 Å². The van der Waals surface area contributed by atoms with Gasteiger partial charge in [-0.15, -0.1) is 11.8 Å². The molecule has 0 N–H and O–H groups in total. The second-order valence-electron chi connectivity index (χ2n) is 5.54. The van der Waals surface area contributed by atoms with Gasteiger partial charge in [0.25, 0.3) is 0 Å². The summed E-state index contributed by atoms with van der Waals surface area (Å²) in [7, 11) is 3.20. The van der Waals surface area contributed by atoms with Gasteiger partial charge in [-0.05, 0) is 51.8 Å². The molecule has 0 saturated carbocycles. The van der Waals surface area contributed by atoms with Crippen LogP contribution in [0.15, 0.2) is 40.9 Å². The molecule has 0 radical (unpaired) electrons. The van der Waals surface area contributed by atoms with Crippen molar-refractivity contribution in [1.29, 1.82) is 0 Å². The number of hydrogen-bond donors (Lipinski definition) is 0. The van der Waals surface area contributed by atoms with Gasteiger partial charge in [0.2, 0.25) is 5.91 Å². The Labute approximate surface area is 158 Å². The van der Waals surface area contributed by atoms with E-state index in [1.165, 1.54) is 17.8 Å². The Morgan fingerprint density at radius 2 is 2.04 bits per heavy atom. The van der Waals surface area contributed by atoms with Gasteiger partial charge in [-0.2, -0.15) is 0 Å². The van der Waals surface area contributed by atoms with Crippen molar-refractivity contribution in [3.8, 4) is 11.5 Å². The van der Waals surface area contributed by atoms with E-state index in [9.17, 15) is 9.18 Å². The molecule has 0 unspecified atom stereocenters. The van der Waals surface area contributed by atoms with Crippen molar-refractivity contribution in [1.82, 2.24) is 4.90 Å². The van der Waals surface area contributed by atoms with Crippen LogP contribution in [0.25, 0.3) is 0 Å². The van der Waals surface area contributed by atoms with Crippen molar-refractivity contribution in [3.05, 3.63) is 57.8 Å². The summed E-state index contributed by atoms with van der Waals surface area (Å²) in [4.78, 5) is 14.2. The monoisotopic (exact) mass is 425 g/mol. The van der Waals surface area contributed by atoms with Crippen LogP contribution in [0.3, 0.4) is 0 Å². The fourth-order valence-corrected chi connectivity index (χ4v) is 4.33. The van der Waals surface area contributed by atoms with Crippen molar-refractivity contribution >= 4 is 33.6 Å². The molecular formula is C18H17BrFNO3S. The molecule has 1 amide bonds. The molecule has 0 bridgehead atoms. The second-order valence-corrected chi connectivity index (χ2v) is 7.46. The van der Waals surface area contributed by atoms with Gasteiger partial charge < -0.3 is 14.4 Å². The number of nitrogens with zero attached hydrogens (tertiary/aromatic N) is 1. The summed E-state index contributed by atoms with van der Waals surface area (Å²) in [6, 6.07) is 10.4. The third kappa shape index (κ3) is 3.77. The fourth-order valence-electron chi connectivity index (χ4n) is 2.76. The van der Waals surface area contributed by atoms with E-state index in [1.54, 1.807) is 31.3 Å². The lowest BCUT2D eigenvalue weighted by molar-refractivity contribution is -0.128. The molecule has 1 atom stereocenters. The van der Waals surface area contributed by atoms with Gasteiger partial charge in [0.05, 0.1) is 31.0 Å². The maximum Gasteiger partial charge on any atom is 0.234 e. The molecule has 0 aromatic heterocycles. The Morgan fingerprint density at radius 1 is 1.24 bits per heavy atom. The van der Waals surface area contributed by atoms with Gasteiger partial charge in [0.15, 0.2) is 0 Å². The molecule has 1 saturated heterocycles. The number of halogens is 2. The zero-order chi connectivity index (χ0) is 18.0. The van der Waals surface area contributed by atoms with Crippen LogP contribution in [0.1, 0.15) is 16.5 Å². The Balaban J connectivity index is 1.91. The number of hydrogen-bond acceptors (Lipinski definition) is 4. The van der Waals surface area contributed by atoms with Gasteiger partial charge in [-0.3, -0.25) is 4.79 Å². The third-order valence-electron chi connectivity index (χ3n) is 4.03. The maximum atomic E-state index is 13.5. The van der Waals surface area contributed by atoms with Crippen molar-refractivity contribution < 1.29 is 18.7 Å². The second kappa shape index (κ2) is 7.66. The molecule has 1 aliphatic heterocycles. The first-order chi connectivity index (χ1) is 12.0. The first kappa shape index (κ1) is 18.1. The van der Waals surface area contributed by atoms with Crippen molar-refractivity contribution in [2.45, 2.75) is 11.9 Å². The molecule has 2 aromatic rings. The number of methoxy groups -OCH3 is 2. The largest absolute Gasteiger partial charge is 0.497 e. The quantitative estimate of drug-likeness (QED) is 0.712.